The maximum absolute atomic E-state index is 6.18. The minimum atomic E-state index is 0. The highest BCUT2D eigenvalue weighted by Gasteiger charge is 2.29. The van der Waals surface area contributed by atoms with Crippen molar-refractivity contribution in [2.45, 2.75) is 32.4 Å². The van der Waals surface area contributed by atoms with Crippen LogP contribution in [0.2, 0.25) is 0 Å². The monoisotopic (exact) mass is 565 g/mol. The topological polar surface area (TPSA) is 64.1 Å². The first kappa shape index (κ1) is 25.8. The number of nitrogens with one attached hydrogen (secondary N) is 2. The third kappa shape index (κ3) is 7.32. The Morgan fingerprint density at radius 2 is 1.94 bits per heavy atom. The van der Waals surface area contributed by atoms with E-state index < -0.39 is 0 Å². The maximum atomic E-state index is 6.18. The first-order chi connectivity index (χ1) is 15.7. The summed E-state index contributed by atoms with van der Waals surface area (Å²) in [6.07, 6.45) is 2.26. The lowest BCUT2D eigenvalue weighted by Gasteiger charge is -2.21. The summed E-state index contributed by atoms with van der Waals surface area (Å²) in [6.45, 7) is 6.70. The number of ether oxygens (including phenoxy) is 3. The Balaban J connectivity index is 0.00000306. The van der Waals surface area contributed by atoms with Crippen molar-refractivity contribution >= 4 is 29.9 Å². The van der Waals surface area contributed by atoms with E-state index in [-0.39, 0.29) is 30.1 Å². The first-order valence-electron chi connectivity index (χ1n) is 11.6. The molecule has 0 radical (unpaired) electrons. The second kappa shape index (κ2) is 13.2. The van der Waals surface area contributed by atoms with Crippen molar-refractivity contribution in [1.82, 2.24) is 10.6 Å². The zero-order valence-corrected chi connectivity index (χ0v) is 21.9. The van der Waals surface area contributed by atoms with Gasteiger partial charge in [0.2, 0.25) is 0 Å². The van der Waals surface area contributed by atoms with E-state index in [1.54, 1.807) is 0 Å². The molecule has 180 valence electrons. The van der Waals surface area contributed by atoms with Crippen LogP contribution in [0.5, 0.6) is 5.75 Å². The molecule has 2 aliphatic heterocycles. The van der Waals surface area contributed by atoms with Crippen molar-refractivity contribution in [3.05, 3.63) is 65.2 Å². The van der Waals surface area contributed by atoms with E-state index in [2.05, 4.69) is 65.0 Å². The van der Waals surface area contributed by atoms with Crippen molar-refractivity contribution in [3.63, 3.8) is 0 Å². The molecule has 33 heavy (non-hydrogen) atoms. The average Bonchev–Trinajstić information content (AvgIpc) is 3.51. The summed E-state index contributed by atoms with van der Waals surface area (Å²) in [6, 6.07) is 16.8. The van der Waals surface area contributed by atoms with Crippen LogP contribution in [0.3, 0.4) is 0 Å². The van der Waals surface area contributed by atoms with Gasteiger partial charge in [-0.1, -0.05) is 42.5 Å². The highest BCUT2D eigenvalue weighted by molar-refractivity contribution is 14.0. The van der Waals surface area contributed by atoms with Gasteiger partial charge in [-0.25, -0.2) is 0 Å². The predicted octanol–water partition coefficient (Wildman–Crippen LogP) is 4.47. The lowest BCUT2D eigenvalue weighted by Crippen LogP contribution is -2.40. The minimum Gasteiger partial charge on any atom is -0.493 e. The Morgan fingerprint density at radius 3 is 2.70 bits per heavy atom. The van der Waals surface area contributed by atoms with Crippen molar-refractivity contribution in [3.8, 4) is 5.75 Å². The zero-order chi connectivity index (χ0) is 22.2. The summed E-state index contributed by atoms with van der Waals surface area (Å²) in [5.74, 6) is 2.63. The summed E-state index contributed by atoms with van der Waals surface area (Å²) < 4.78 is 17.7. The van der Waals surface area contributed by atoms with Crippen molar-refractivity contribution in [2.75, 3.05) is 40.0 Å². The molecule has 2 fully saturated rings. The van der Waals surface area contributed by atoms with Gasteiger partial charge in [0.1, 0.15) is 5.75 Å². The molecular formula is C26H36IN3O3. The molecule has 2 aromatic carbocycles. The van der Waals surface area contributed by atoms with Crippen molar-refractivity contribution in [1.29, 1.82) is 0 Å². The number of hydrogen-bond acceptors (Lipinski definition) is 4. The summed E-state index contributed by atoms with van der Waals surface area (Å²) in [5, 5.41) is 6.94. The number of hydrogen-bond donors (Lipinski definition) is 2. The van der Waals surface area contributed by atoms with E-state index in [0.29, 0.717) is 25.0 Å². The lowest BCUT2D eigenvalue weighted by atomic mass is 9.95. The van der Waals surface area contributed by atoms with Crippen LogP contribution < -0.4 is 15.4 Å². The highest BCUT2D eigenvalue weighted by Crippen LogP contribution is 2.33. The Labute approximate surface area is 214 Å². The molecule has 4 rings (SSSR count). The molecule has 2 N–H and O–H groups in total. The first-order valence-corrected chi connectivity index (χ1v) is 11.6. The molecule has 2 heterocycles. The highest BCUT2D eigenvalue weighted by atomic mass is 127. The predicted molar refractivity (Wildman–Crippen MR) is 142 cm³/mol. The fraction of sp³-hybridized carbons (Fsp3) is 0.500. The SMILES string of the molecule is CN=C(NCc1ccc(C)cc1OCC1CCOC1)NCC1CCOC1c1ccccc1.I. The van der Waals surface area contributed by atoms with Crippen LogP contribution in [0.15, 0.2) is 53.5 Å². The fourth-order valence-electron chi connectivity index (χ4n) is 4.35. The Bertz CT molecular complexity index is 888. The number of rotatable bonds is 8. The zero-order valence-electron chi connectivity index (χ0n) is 19.6. The van der Waals surface area contributed by atoms with Gasteiger partial charge in [-0.2, -0.15) is 0 Å². The molecule has 0 spiro atoms. The van der Waals surface area contributed by atoms with Crippen molar-refractivity contribution in [2.24, 2.45) is 16.8 Å². The van der Waals surface area contributed by atoms with Gasteiger partial charge in [0, 0.05) is 50.8 Å². The Hall–Kier alpha value is -1.84. The summed E-state index contributed by atoms with van der Waals surface area (Å²) in [7, 11) is 1.81. The van der Waals surface area contributed by atoms with E-state index in [9.17, 15) is 0 Å². The van der Waals surface area contributed by atoms with Gasteiger partial charge >= 0.3 is 0 Å². The third-order valence-corrected chi connectivity index (χ3v) is 6.27. The lowest BCUT2D eigenvalue weighted by molar-refractivity contribution is 0.0915. The van der Waals surface area contributed by atoms with E-state index in [0.717, 1.165) is 56.5 Å². The molecule has 3 unspecified atom stereocenters. The van der Waals surface area contributed by atoms with Gasteiger partial charge in [0.15, 0.2) is 5.96 Å². The molecule has 0 amide bonds. The molecule has 6 nitrogen and oxygen atoms in total. The Morgan fingerprint density at radius 1 is 1.09 bits per heavy atom. The quantitative estimate of drug-likeness (QED) is 0.281. The number of halogens is 1. The van der Waals surface area contributed by atoms with Crippen LogP contribution in [-0.2, 0) is 16.0 Å². The van der Waals surface area contributed by atoms with Gasteiger partial charge < -0.3 is 24.8 Å². The average molecular weight is 565 g/mol. The summed E-state index contributed by atoms with van der Waals surface area (Å²) in [5.41, 5.74) is 3.57. The van der Waals surface area contributed by atoms with Crippen LogP contribution in [0.4, 0.5) is 0 Å². The molecule has 0 saturated carbocycles. The van der Waals surface area contributed by atoms with Crippen LogP contribution in [0.25, 0.3) is 0 Å². The number of aryl methyl sites for hydroxylation is 1. The van der Waals surface area contributed by atoms with Crippen LogP contribution >= 0.6 is 24.0 Å². The van der Waals surface area contributed by atoms with Gasteiger partial charge in [-0.15, -0.1) is 24.0 Å². The molecule has 3 atom stereocenters. The molecular weight excluding hydrogens is 529 g/mol. The summed E-state index contributed by atoms with van der Waals surface area (Å²) >= 11 is 0. The van der Waals surface area contributed by atoms with E-state index in [1.807, 2.05) is 13.1 Å². The second-order valence-corrected chi connectivity index (χ2v) is 8.71. The van der Waals surface area contributed by atoms with Crippen LogP contribution in [0, 0.1) is 18.8 Å². The molecule has 2 aromatic rings. The van der Waals surface area contributed by atoms with Gasteiger partial charge in [-0.3, -0.25) is 4.99 Å². The van der Waals surface area contributed by atoms with Crippen LogP contribution in [0.1, 0.15) is 35.6 Å². The number of guanidine groups is 1. The molecule has 0 aromatic heterocycles. The normalized spacial score (nSPS) is 22.6. The number of aliphatic imine (C=N–C) groups is 1. The largest absolute Gasteiger partial charge is 0.493 e. The van der Waals surface area contributed by atoms with E-state index >= 15 is 0 Å². The molecule has 0 bridgehead atoms. The van der Waals surface area contributed by atoms with E-state index in [4.69, 9.17) is 14.2 Å². The van der Waals surface area contributed by atoms with Gasteiger partial charge in [0.25, 0.3) is 0 Å². The molecule has 2 aliphatic rings. The smallest absolute Gasteiger partial charge is 0.191 e. The molecule has 7 heteroatoms. The van der Waals surface area contributed by atoms with Crippen molar-refractivity contribution < 1.29 is 14.2 Å². The second-order valence-electron chi connectivity index (χ2n) is 8.71. The van der Waals surface area contributed by atoms with Gasteiger partial charge in [0.05, 0.1) is 19.3 Å². The maximum Gasteiger partial charge on any atom is 0.191 e. The van der Waals surface area contributed by atoms with Crippen LogP contribution in [-0.4, -0.2) is 46.0 Å². The number of benzene rings is 2. The third-order valence-electron chi connectivity index (χ3n) is 6.27. The standard InChI is InChI=1S/C26H35N3O3.HI/c1-19-8-9-22(24(14-19)32-18-20-10-12-30-17-20)15-28-26(27-2)29-16-23-11-13-31-25(23)21-6-4-3-5-7-21;/h3-9,14,20,23,25H,10-13,15-18H2,1-2H3,(H2,27,28,29);1H. The molecule has 2 saturated heterocycles. The minimum absolute atomic E-state index is 0. The number of nitrogens with zero attached hydrogens (tertiary/aromatic N) is 1. The molecule has 0 aliphatic carbocycles. The fourth-order valence-corrected chi connectivity index (χ4v) is 4.35. The summed E-state index contributed by atoms with van der Waals surface area (Å²) in [4.78, 5) is 4.41. The Kier molecular flexibility index (Phi) is 10.3. The van der Waals surface area contributed by atoms with E-state index in [1.165, 1.54) is 11.1 Å². The van der Waals surface area contributed by atoms with Gasteiger partial charge in [-0.05, 0) is 37.0 Å².